The van der Waals surface area contributed by atoms with Gasteiger partial charge in [-0.3, -0.25) is 4.79 Å². The number of hydrogen-bond donors (Lipinski definition) is 0. The van der Waals surface area contributed by atoms with Gasteiger partial charge in [0.25, 0.3) is 0 Å². The number of nitrogens with zero attached hydrogens (tertiary/aromatic N) is 1. The molecule has 0 saturated carbocycles. The van der Waals surface area contributed by atoms with Gasteiger partial charge in [0.05, 0.1) is 5.75 Å². The summed E-state index contributed by atoms with van der Waals surface area (Å²) in [4.78, 5) is 11.0. The summed E-state index contributed by atoms with van der Waals surface area (Å²) in [6.07, 6.45) is 0.343. The third kappa shape index (κ3) is 2.99. The normalized spacial score (nSPS) is 26.3. The lowest BCUT2D eigenvalue weighted by Gasteiger charge is -2.25. The molecule has 0 aliphatic carbocycles. The Morgan fingerprint density at radius 3 is 2.23 bits per heavy atom. The van der Waals surface area contributed by atoms with Crippen LogP contribution in [0.15, 0.2) is 0 Å². The van der Waals surface area contributed by atoms with E-state index in [1.165, 1.54) is 7.05 Å². The number of carbonyl (C=O) groups excluding carboxylic acids is 1. The van der Waals surface area contributed by atoms with Crippen LogP contribution in [0.3, 0.4) is 0 Å². The largest absolute Gasteiger partial charge is 0.274 e. The number of amides is 1. The summed E-state index contributed by atoms with van der Waals surface area (Å²) in [5, 5.41) is 0. The molecular formula is C8H17NO3S. The van der Waals surface area contributed by atoms with Crippen molar-refractivity contribution >= 4 is 15.9 Å². The topological polar surface area (TPSA) is 54.5 Å². The summed E-state index contributed by atoms with van der Waals surface area (Å²) < 4.78 is 23.1. The average molecular weight is 207 g/mol. The smallest absolute Gasteiger partial charge is 0.237 e. The Morgan fingerprint density at radius 2 is 1.85 bits per heavy atom. The first-order chi connectivity index (χ1) is 5.93. The number of hydrogen-bond acceptors (Lipinski definition) is 3. The highest BCUT2D eigenvalue weighted by atomic mass is 32.2. The van der Waals surface area contributed by atoms with Gasteiger partial charge in [0, 0.05) is 13.5 Å². The summed E-state index contributed by atoms with van der Waals surface area (Å²) in [6.45, 7) is 5.77. The molecule has 1 unspecified atom stereocenters. The minimum atomic E-state index is -3.28. The first kappa shape index (κ1) is 12.4. The van der Waals surface area contributed by atoms with Crippen molar-refractivity contribution in [2.75, 3.05) is 12.8 Å². The molecule has 0 aromatic carbocycles. The summed E-state index contributed by atoms with van der Waals surface area (Å²) in [5.74, 6) is -0.248. The Balaban J connectivity index is 0.000000671. The van der Waals surface area contributed by atoms with Crippen LogP contribution in [0.2, 0.25) is 0 Å². The SMILES string of the molecule is CC.CC1CC(=O)N(C)S(=O)(=O)C1. The standard InChI is InChI=1S/C6H11NO3S.C2H6/c1-5-3-6(8)7(2)11(9,10)4-5;1-2/h5H,3-4H2,1-2H3;1-2H3. The summed E-state index contributed by atoms with van der Waals surface area (Å²) in [5.41, 5.74) is 0. The van der Waals surface area contributed by atoms with Crippen molar-refractivity contribution in [2.45, 2.75) is 27.2 Å². The van der Waals surface area contributed by atoms with Gasteiger partial charge in [-0.1, -0.05) is 20.8 Å². The molecule has 1 amide bonds. The third-order valence-electron chi connectivity index (χ3n) is 1.79. The van der Waals surface area contributed by atoms with Crippen LogP contribution in [-0.4, -0.2) is 31.4 Å². The molecule has 0 radical (unpaired) electrons. The fraction of sp³-hybridized carbons (Fsp3) is 0.875. The van der Waals surface area contributed by atoms with Crippen molar-refractivity contribution in [3.8, 4) is 0 Å². The molecule has 1 fully saturated rings. The van der Waals surface area contributed by atoms with E-state index < -0.39 is 10.0 Å². The molecule has 0 bridgehead atoms. The molecule has 1 saturated heterocycles. The molecule has 0 aromatic rings. The number of rotatable bonds is 0. The van der Waals surface area contributed by atoms with Gasteiger partial charge in [-0.25, -0.2) is 12.7 Å². The van der Waals surface area contributed by atoms with E-state index >= 15 is 0 Å². The van der Waals surface area contributed by atoms with Crippen molar-refractivity contribution in [1.29, 1.82) is 0 Å². The van der Waals surface area contributed by atoms with Crippen molar-refractivity contribution in [3.05, 3.63) is 0 Å². The van der Waals surface area contributed by atoms with E-state index in [2.05, 4.69) is 0 Å². The van der Waals surface area contributed by atoms with E-state index in [1.807, 2.05) is 13.8 Å². The van der Waals surface area contributed by atoms with Gasteiger partial charge in [0.15, 0.2) is 0 Å². The zero-order chi connectivity index (χ0) is 10.6. The zero-order valence-electron chi connectivity index (χ0n) is 8.57. The molecule has 78 valence electrons. The minimum absolute atomic E-state index is 0.0382. The zero-order valence-corrected chi connectivity index (χ0v) is 9.39. The van der Waals surface area contributed by atoms with E-state index in [1.54, 1.807) is 6.92 Å². The minimum Gasteiger partial charge on any atom is -0.274 e. The molecule has 1 aliphatic rings. The van der Waals surface area contributed by atoms with Gasteiger partial charge in [0.1, 0.15) is 0 Å². The fourth-order valence-electron chi connectivity index (χ4n) is 1.11. The highest BCUT2D eigenvalue weighted by Gasteiger charge is 2.32. The maximum atomic E-state index is 11.1. The second kappa shape index (κ2) is 4.60. The van der Waals surface area contributed by atoms with Gasteiger partial charge < -0.3 is 0 Å². The van der Waals surface area contributed by atoms with E-state index in [0.717, 1.165) is 4.31 Å². The molecule has 5 heteroatoms. The van der Waals surface area contributed by atoms with Crippen LogP contribution in [0.25, 0.3) is 0 Å². The first-order valence-corrected chi connectivity index (χ1v) is 6.04. The van der Waals surface area contributed by atoms with Crippen LogP contribution >= 0.6 is 0 Å². The van der Waals surface area contributed by atoms with Gasteiger partial charge in [-0.2, -0.15) is 0 Å². The number of carbonyl (C=O) groups is 1. The van der Waals surface area contributed by atoms with Crippen molar-refractivity contribution in [2.24, 2.45) is 5.92 Å². The maximum absolute atomic E-state index is 11.1. The first-order valence-electron chi connectivity index (χ1n) is 4.43. The quantitative estimate of drug-likeness (QED) is 0.591. The molecule has 0 aromatic heterocycles. The van der Waals surface area contributed by atoms with Gasteiger partial charge in [-0.05, 0) is 5.92 Å². The van der Waals surface area contributed by atoms with Crippen LogP contribution in [-0.2, 0) is 14.8 Å². The van der Waals surface area contributed by atoms with Gasteiger partial charge in [-0.15, -0.1) is 0 Å². The average Bonchev–Trinajstić information content (AvgIpc) is 2.03. The Hall–Kier alpha value is -0.580. The van der Waals surface area contributed by atoms with Crippen LogP contribution in [0.4, 0.5) is 0 Å². The molecule has 0 spiro atoms. The Morgan fingerprint density at radius 1 is 1.38 bits per heavy atom. The molecule has 0 N–H and O–H groups in total. The molecule has 13 heavy (non-hydrogen) atoms. The van der Waals surface area contributed by atoms with Gasteiger partial charge >= 0.3 is 0 Å². The predicted molar refractivity (Wildman–Crippen MR) is 51.7 cm³/mol. The lowest BCUT2D eigenvalue weighted by molar-refractivity contribution is -0.126. The van der Waals surface area contributed by atoms with E-state index in [0.29, 0.717) is 6.42 Å². The summed E-state index contributed by atoms with van der Waals surface area (Å²) in [7, 11) is -1.97. The fourth-order valence-corrected chi connectivity index (χ4v) is 2.56. The Bertz CT molecular complexity index is 271. The van der Waals surface area contributed by atoms with Crippen LogP contribution in [0.1, 0.15) is 27.2 Å². The van der Waals surface area contributed by atoms with Crippen LogP contribution in [0, 0.1) is 5.92 Å². The second-order valence-electron chi connectivity index (χ2n) is 2.95. The van der Waals surface area contributed by atoms with Crippen LogP contribution in [0.5, 0.6) is 0 Å². The van der Waals surface area contributed by atoms with Gasteiger partial charge in [0.2, 0.25) is 15.9 Å². The van der Waals surface area contributed by atoms with Crippen molar-refractivity contribution in [1.82, 2.24) is 4.31 Å². The predicted octanol–water partition coefficient (Wildman–Crippen LogP) is 0.841. The summed E-state index contributed by atoms with van der Waals surface area (Å²) >= 11 is 0. The van der Waals surface area contributed by atoms with E-state index in [4.69, 9.17) is 0 Å². The van der Waals surface area contributed by atoms with E-state index in [9.17, 15) is 13.2 Å². The molecular weight excluding hydrogens is 190 g/mol. The Kier molecular flexibility index (Phi) is 4.39. The lowest BCUT2D eigenvalue weighted by Crippen LogP contribution is -2.42. The number of sulfonamides is 1. The molecule has 1 aliphatic heterocycles. The highest BCUT2D eigenvalue weighted by molar-refractivity contribution is 7.89. The van der Waals surface area contributed by atoms with Crippen molar-refractivity contribution in [3.63, 3.8) is 0 Å². The van der Waals surface area contributed by atoms with E-state index in [-0.39, 0.29) is 17.6 Å². The van der Waals surface area contributed by atoms with Crippen LogP contribution < -0.4 is 0 Å². The third-order valence-corrected chi connectivity index (χ3v) is 3.82. The maximum Gasteiger partial charge on any atom is 0.237 e. The summed E-state index contributed by atoms with van der Waals surface area (Å²) in [6, 6.07) is 0. The molecule has 1 heterocycles. The molecule has 4 nitrogen and oxygen atoms in total. The lowest BCUT2D eigenvalue weighted by atomic mass is 10.1. The Labute approximate surface area is 80.0 Å². The molecule has 1 rings (SSSR count). The monoisotopic (exact) mass is 207 g/mol. The molecule has 1 atom stereocenters. The van der Waals surface area contributed by atoms with Crippen molar-refractivity contribution < 1.29 is 13.2 Å². The highest BCUT2D eigenvalue weighted by Crippen LogP contribution is 2.17. The second-order valence-corrected chi connectivity index (χ2v) is 4.99.